The maximum absolute atomic E-state index is 15.1. The molecule has 2 rings (SSSR count). The number of hydrogen-bond donors (Lipinski definition) is 2. The molecule has 0 heterocycles. The van der Waals surface area contributed by atoms with Crippen LogP contribution in [0.2, 0.25) is 0 Å². The molecule has 0 aliphatic rings. The van der Waals surface area contributed by atoms with Gasteiger partial charge in [0.25, 0.3) is 0 Å². The monoisotopic (exact) mass is 656 g/mol. The first-order chi connectivity index (χ1) is 20.0. The van der Waals surface area contributed by atoms with Crippen LogP contribution in [0.3, 0.4) is 0 Å². The number of ether oxygens (including phenoxy) is 2. The van der Waals surface area contributed by atoms with Crippen LogP contribution in [0.1, 0.15) is 61.8 Å². The Kier molecular flexibility index (Phi) is 10.6. The Bertz CT molecular complexity index is 1220. The van der Waals surface area contributed by atoms with Crippen molar-refractivity contribution in [1.29, 1.82) is 0 Å². The third-order valence-corrected chi connectivity index (χ3v) is 7.19. The summed E-state index contributed by atoms with van der Waals surface area (Å²) in [5.74, 6) is -44.4. The lowest BCUT2D eigenvalue weighted by Crippen LogP contribution is -2.69. The van der Waals surface area contributed by atoms with Gasteiger partial charge in [0.15, 0.2) is 0 Å². The molecule has 0 bridgehead atoms. The maximum atomic E-state index is 15.1. The van der Waals surface area contributed by atoms with Crippen molar-refractivity contribution in [3.8, 4) is 11.5 Å². The van der Waals surface area contributed by atoms with E-state index < -0.39 is 58.2 Å². The van der Waals surface area contributed by atoms with Crippen LogP contribution in [0.4, 0.5) is 64.1 Å². The van der Waals surface area contributed by atoms with Crippen LogP contribution in [0.15, 0.2) is 24.3 Å². The van der Waals surface area contributed by atoms with Crippen LogP contribution >= 0.6 is 0 Å². The molecular formula is C28H32F12N2O2. The first kappa shape index (κ1) is 37.0. The molecule has 0 radical (unpaired) electrons. The van der Waals surface area contributed by atoms with Crippen molar-refractivity contribution in [3.63, 3.8) is 0 Å². The number of anilines is 2. The van der Waals surface area contributed by atoms with E-state index in [1.54, 1.807) is 13.8 Å². The van der Waals surface area contributed by atoms with E-state index in [1.807, 2.05) is 0 Å². The van der Waals surface area contributed by atoms with E-state index in [1.165, 1.54) is 0 Å². The van der Waals surface area contributed by atoms with Crippen molar-refractivity contribution in [2.45, 2.75) is 87.9 Å². The average molecular weight is 657 g/mol. The minimum absolute atomic E-state index is 0.0398. The third kappa shape index (κ3) is 5.80. The first-order valence-corrected chi connectivity index (χ1v) is 13.3. The zero-order chi connectivity index (χ0) is 34.1. The molecule has 0 aromatic heterocycles. The molecule has 16 heteroatoms. The Morgan fingerprint density at radius 1 is 0.523 bits per heavy atom. The van der Waals surface area contributed by atoms with E-state index in [0.717, 1.165) is 14.2 Å². The Morgan fingerprint density at radius 3 is 1.07 bits per heavy atom. The van der Waals surface area contributed by atoms with E-state index in [2.05, 4.69) is 0 Å². The van der Waals surface area contributed by atoms with Gasteiger partial charge in [-0.05, 0) is 61.1 Å². The van der Waals surface area contributed by atoms with Crippen LogP contribution in [-0.2, 0) is 24.7 Å². The quantitative estimate of drug-likeness (QED) is 0.148. The van der Waals surface area contributed by atoms with E-state index in [4.69, 9.17) is 20.9 Å². The molecule has 250 valence electrons. The Balaban J connectivity index is 2.72. The number of nitrogens with two attached hydrogens (primary N) is 2. The largest absolute Gasteiger partial charge is 0.495 e. The molecule has 0 amide bonds. The molecule has 2 aromatic carbocycles. The average Bonchev–Trinajstić information content (AvgIpc) is 2.95. The fraction of sp³-hybridized carbons (Fsp3) is 0.571. The van der Waals surface area contributed by atoms with Crippen LogP contribution in [0.25, 0.3) is 0 Å². The number of alkyl halides is 12. The summed E-state index contributed by atoms with van der Waals surface area (Å²) in [6.45, 7) is 3.29. The van der Waals surface area contributed by atoms with Crippen molar-refractivity contribution in [2.75, 3.05) is 25.7 Å². The van der Waals surface area contributed by atoms with Gasteiger partial charge in [0.05, 0.1) is 25.6 Å². The molecule has 0 spiro atoms. The zero-order valence-electron chi connectivity index (χ0n) is 24.1. The van der Waals surface area contributed by atoms with Gasteiger partial charge < -0.3 is 20.9 Å². The predicted octanol–water partition coefficient (Wildman–Crippen LogP) is 8.98. The highest BCUT2D eigenvalue weighted by Crippen LogP contribution is 2.64. The number of hydrogen-bond acceptors (Lipinski definition) is 4. The topological polar surface area (TPSA) is 70.5 Å². The highest BCUT2D eigenvalue weighted by molar-refractivity contribution is 5.62. The molecular weight excluding hydrogens is 624 g/mol. The number of aryl methyl sites for hydroxylation is 2. The highest BCUT2D eigenvalue weighted by Gasteiger charge is 2.90. The number of methoxy groups -OCH3 is 2. The lowest BCUT2D eigenvalue weighted by Gasteiger charge is -2.41. The smallest absolute Gasteiger partial charge is 0.385 e. The summed E-state index contributed by atoms with van der Waals surface area (Å²) in [5, 5.41) is 0. The normalized spacial score (nSPS) is 13.7. The van der Waals surface area contributed by atoms with Crippen molar-refractivity contribution in [2.24, 2.45) is 0 Å². The van der Waals surface area contributed by atoms with Crippen LogP contribution < -0.4 is 20.9 Å². The van der Waals surface area contributed by atoms with Crippen molar-refractivity contribution < 1.29 is 62.2 Å². The molecule has 0 aliphatic carbocycles. The minimum atomic E-state index is -7.77. The Hall–Kier alpha value is -3.20. The number of rotatable bonds is 15. The van der Waals surface area contributed by atoms with Crippen LogP contribution in [-0.4, -0.2) is 37.9 Å². The summed E-state index contributed by atoms with van der Waals surface area (Å²) in [6.07, 6.45) is 0.958. The molecule has 4 nitrogen and oxygen atoms in total. The van der Waals surface area contributed by atoms with Gasteiger partial charge in [0.2, 0.25) is 0 Å². The second-order valence-corrected chi connectivity index (χ2v) is 10.2. The fourth-order valence-corrected chi connectivity index (χ4v) is 4.37. The maximum Gasteiger partial charge on any atom is 0.385 e. The molecule has 4 N–H and O–H groups in total. The second kappa shape index (κ2) is 12.7. The van der Waals surface area contributed by atoms with Gasteiger partial charge in [-0.3, -0.25) is 0 Å². The first-order valence-electron chi connectivity index (χ1n) is 13.3. The standard InChI is InChI=1S/C28H32F12N2O2/c1-5-7-9-15-11-17(13-19(43-3)21(15)41)23(29,30)25(33,34)27(37,38)28(39,40)26(35,36)24(31,32)18-12-16(10-8-6-2)22(42)20(14-18)44-4/h11-14H,5-10,41-42H2,1-4H3. The highest BCUT2D eigenvalue weighted by atomic mass is 19.4. The van der Waals surface area contributed by atoms with Crippen molar-refractivity contribution >= 4 is 11.4 Å². The molecule has 0 saturated carbocycles. The molecule has 0 saturated heterocycles. The third-order valence-electron chi connectivity index (χ3n) is 7.19. The summed E-state index contributed by atoms with van der Waals surface area (Å²) < 4.78 is 189. The Morgan fingerprint density at radius 2 is 0.818 bits per heavy atom. The fourth-order valence-electron chi connectivity index (χ4n) is 4.37. The van der Waals surface area contributed by atoms with Crippen molar-refractivity contribution in [1.82, 2.24) is 0 Å². The molecule has 0 aliphatic heterocycles. The van der Waals surface area contributed by atoms with Gasteiger partial charge in [0.1, 0.15) is 11.5 Å². The van der Waals surface area contributed by atoms with Gasteiger partial charge >= 0.3 is 35.5 Å². The summed E-state index contributed by atoms with van der Waals surface area (Å²) in [5.41, 5.74) is 5.98. The molecule has 0 fully saturated rings. The number of nitrogen functional groups attached to an aromatic ring is 2. The number of unbranched alkanes of at least 4 members (excludes halogenated alkanes) is 2. The summed E-state index contributed by atoms with van der Waals surface area (Å²) in [6, 6.07) is 0.498. The van der Waals surface area contributed by atoms with Gasteiger partial charge in [-0.2, -0.15) is 52.7 Å². The van der Waals surface area contributed by atoms with E-state index in [9.17, 15) is 35.1 Å². The van der Waals surface area contributed by atoms with E-state index in [0.29, 0.717) is 12.8 Å². The summed E-state index contributed by atoms with van der Waals surface area (Å²) >= 11 is 0. The van der Waals surface area contributed by atoms with Gasteiger partial charge in [-0.15, -0.1) is 0 Å². The van der Waals surface area contributed by atoms with E-state index >= 15 is 17.6 Å². The molecule has 2 aromatic rings. The number of halogens is 12. The van der Waals surface area contributed by atoms with Gasteiger partial charge in [-0.1, -0.05) is 26.7 Å². The molecule has 0 unspecified atom stereocenters. The van der Waals surface area contributed by atoms with Crippen LogP contribution in [0.5, 0.6) is 11.5 Å². The second-order valence-electron chi connectivity index (χ2n) is 10.2. The minimum Gasteiger partial charge on any atom is -0.495 e. The summed E-state index contributed by atoms with van der Waals surface area (Å²) in [7, 11) is 1.70. The van der Waals surface area contributed by atoms with Gasteiger partial charge in [-0.25, -0.2) is 0 Å². The van der Waals surface area contributed by atoms with Gasteiger partial charge in [0, 0.05) is 11.1 Å². The van der Waals surface area contributed by atoms with Crippen LogP contribution in [0, 0.1) is 0 Å². The number of benzene rings is 2. The lowest BCUT2D eigenvalue weighted by atomic mass is 9.86. The SMILES string of the molecule is CCCCc1cc(C(F)(F)C(F)(F)C(F)(F)C(F)(F)C(F)(F)C(F)(F)c2cc(CCCC)c(N)c(OC)c2)cc(OC)c1N. The Labute approximate surface area is 245 Å². The zero-order valence-corrected chi connectivity index (χ0v) is 24.1. The lowest BCUT2D eigenvalue weighted by molar-refractivity contribution is -0.429. The molecule has 44 heavy (non-hydrogen) atoms. The van der Waals surface area contributed by atoms with Crippen molar-refractivity contribution in [3.05, 3.63) is 46.5 Å². The van der Waals surface area contributed by atoms with E-state index in [-0.39, 0.29) is 72.5 Å². The predicted molar refractivity (Wildman–Crippen MR) is 140 cm³/mol. The summed E-state index contributed by atoms with van der Waals surface area (Å²) in [4.78, 5) is 0. The molecule has 0 atom stereocenters.